The lowest BCUT2D eigenvalue weighted by molar-refractivity contribution is 0.0940. The van der Waals surface area contributed by atoms with Crippen molar-refractivity contribution < 1.29 is 9.59 Å². The number of carbonyl (C=O) groups is 2. The van der Waals surface area contributed by atoms with Crippen molar-refractivity contribution in [3.05, 3.63) is 47.0 Å². The number of H-pyrrole nitrogens is 1. The number of benzene rings is 1. The van der Waals surface area contributed by atoms with Crippen molar-refractivity contribution in [3.63, 3.8) is 0 Å². The van der Waals surface area contributed by atoms with Gasteiger partial charge in [0.1, 0.15) is 5.82 Å². The van der Waals surface area contributed by atoms with Crippen molar-refractivity contribution in [1.82, 2.24) is 20.5 Å². The number of primary amides is 1. The lowest BCUT2D eigenvalue weighted by Crippen LogP contribution is -2.24. The summed E-state index contributed by atoms with van der Waals surface area (Å²) in [5.74, 6) is -0.107. The van der Waals surface area contributed by atoms with E-state index in [1.54, 1.807) is 24.3 Å². The predicted molar refractivity (Wildman–Crippen MR) is 71.9 cm³/mol. The summed E-state index contributed by atoms with van der Waals surface area (Å²) in [4.78, 5) is 26.9. The van der Waals surface area contributed by atoms with Crippen LogP contribution in [0.2, 0.25) is 0 Å². The smallest absolute Gasteiger partial charge is 0.291 e. The van der Waals surface area contributed by atoms with E-state index in [-0.39, 0.29) is 18.3 Å². The Morgan fingerprint density at radius 3 is 2.85 bits per heavy atom. The van der Waals surface area contributed by atoms with Gasteiger partial charge in [0, 0.05) is 18.5 Å². The molecule has 104 valence electrons. The van der Waals surface area contributed by atoms with Crippen LogP contribution in [0.25, 0.3) is 0 Å². The van der Waals surface area contributed by atoms with Crippen LogP contribution in [0.4, 0.5) is 0 Å². The molecule has 20 heavy (non-hydrogen) atoms. The zero-order valence-corrected chi connectivity index (χ0v) is 11.0. The summed E-state index contributed by atoms with van der Waals surface area (Å²) in [6.45, 7) is 2.19. The molecule has 0 aliphatic carbocycles. The summed E-state index contributed by atoms with van der Waals surface area (Å²) < 4.78 is 0. The summed E-state index contributed by atoms with van der Waals surface area (Å²) in [5, 5.41) is 9.18. The summed E-state index contributed by atoms with van der Waals surface area (Å²) >= 11 is 0. The fraction of sp³-hybridized carbons (Fsp3) is 0.231. The molecule has 7 heteroatoms. The monoisotopic (exact) mass is 273 g/mol. The zero-order chi connectivity index (χ0) is 14.5. The van der Waals surface area contributed by atoms with Crippen LogP contribution in [-0.2, 0) is 13.0 Å². The number of rotatable bonds is 5. The molecule has 1 heterocycles. The third kappa shape index (κ3) is 3.19. The predicted octanol–water partition coefficient (Wildman–Crippen LogP) is 0.396. The number of carbonyl (C=O) groups excluding carboxylic acids is 2. The SMILES string of the molecule is CCc1nc(C(=O)NCc2cccc(C(N)=O)c2)n[nH]1. The van der Waals surface area contributed by atoms with Gasteiger partial charge in [0.25, 0.3) is 5.91 Å². The number of nitrogens with zero attached hydrogens (tertiary/aromatic N) is 2. The van der Waals surface area contributed by atoms with E-state index in [1.807, 2.05) is 6.92 Å². The van der Waals surface area contributed by atoms with Crippen LogP contribution in [0.1, 0.15) is 39.3 Å². The van der Waals surface area contributed by atoms with Gasteiger partial charge in [-0.2, -0.15) is 0 Å². The molecule has 2 aromatic rings. The van der Waals surface area contributed by atoms with E-state index >= 15 is 0 Å². The quantitative estimate of drug-likeness (QED) is 0.731. The van der Waals surface area contributed by atoms with Gasteiger partial charge in [-0.1, -0.05) is 19.1 Å². The molecule has 0 saturated heterocycles. The van der Waals surface area contributed by atoms with Crippen LogP contribution < -0.4 is 11.1 Å². The fourth-order valence-corrected chi connectivity index (χ4v) is 1.65. The molecule has 0 bridgehead atoms. The lowest BCUT2D eigenvalue weighted by atomic mass is 10.1. The largest absolute Gasteiger partial charge is 0.366 e. The molecular weight excluding hydrogens is 258 g/mol. The molecular formula is C13H15N5O2. The Balaban J connectivity index is 1.99. The van der Waals surface area contributed by atoms with Gasteiger partial charge in [-0.3, -0.25) is 14.7 Å². The minimum atomic E-state index is -0.500. The number of nitrogens with two attached hydrogens (primary N) is 1. The van der Waals surface area contributed by atoms with Gasteiger partial charge in [0.05, 0.1) is 0 Å². The van der Waals surface area contributed by atoms with Crippen molar-refractivity contribution in [2.45, 2.75) is 19.9 Å². The molecule has 0 atom stereocenters. The van der Waals surface area contributed by atoms with Gasteiger partial charge in [-0.05, 0) is 17.7 Å². The third-order valence-electron chi connectivity index (χ3n) is 2.73. The second-order valence-corrected chi connectivity index (χ2v) is 4.21. The van der Waals surface area contributed by atoms with Crippen LogP contribution in [0.15, 0.2) is 24.3 Å². The highest BCUT2D eigenvalue weighted by atomic mass is 16.2. The Labute approximate surface area is 115 Å². The molecule has 0 aliphatic rings. The number of amides is 2. The van der Waals surface area contributed by atoms with Crippen LogP contribution in [0.3, 0.4) is 0 Å². The normalized spacial score (nSPS) is 10.2. The molecule has 2 amide bonds. The van der Waals surface area contributed by atoms with Gasteiger partial charge in [0.2, 0.25) is 11.7 Å². The standard InChI is InChI=1S/C13H15N5O2/c1-2-10-16-12(18-17-10)13(20)15-7-8-4-3-5-9(6-8)11(14)19/h3-6H,2,7H2,1H3,(H2,14,19)(H,15,20)(H,16,17,18). The molecule has 1 aromatic carbocycles. The lowest BCUT2D eigenvalue weighted by Gasteiger charge is -2.04. The van der Waals surface area contributed by atoms with Crippen molar-refractivity contribution in [2.75, 3.05) is 0 Å². The van der Waals surface area contributed by atoms with Gasteiger partial charge in [-0.25, -0.2) is 4.98 Å². The Hall–Kier alpha value is -2.70. The first-order valence-electron chi connectivity index (χ1n) is 6.18. The maximum atomic E-state index is 11.8. The van der Waals surface area contributed by atoms with Gasteiger partial charge in [-0.15, -0.1) is 5.10 Å². The zero-order valence-electron chi connectivity index (χ0n) is 11.0. The molecule has 7 nitrogen and oxygen atoms in total. The third-order valence-corrected chi connectivity index (χ3v) is 2.73. The fourth-order valence-electron chi connectivity index (χ4n) is 1.65. The summed E-state index contributed by atoms with van der Waals surface area (Å²) in [6, 6.07) is 6.76. The summed E-state index contributed by atoms with van der Waals surface area (Å²) in [5.41, 5.74) is 6.38. The maximum absolute atomic E-state index is 11.8. The topological polar surface area (TPSA) is 114 Å². The Morgan fingerprint density at radius 1 is 1.40 bits per heavy atom. The first-order valence-corrected chi connectivity index (χ1v) is 6.18. The summed E-state index contributed by atoms with van der Waals surface area (Å²) in [6.07, 6.45) is 0.681. The second-order valence-electron chi connectivity index (χ2n) is 4.21. The molecule has 2 rings (SSSR count). The van der Waals surface area contributed by atoms with Crippen LogP contribution in [0, 0.1) is 0 Å². The molecule has 1 aromatic heterocycles. The molecule has 4 N–H and O–H groups in total. The van der Waals surface area contributed by atoms with Crippen LogP contribution >= 0.6 is 0 Å². The minimum Gasteiger partial charge on any atom is -0.366 e. The van der Waals surface area contributed by atoms with E-state index in [4.69, 9.17) is 5.73 Å². The minimum absolute atomic E-state index is 0.105. The Morgan fingerprint density at radius 2 is 2.20 bits per heavy atom. The molecule has 0 unspecified atom stereocenters. The van der Waals surface area contributed by atoms with Gasteiger partial charge in [0.15, 0.2) is 0 Å². The van der Waals surface area contributed by atoms with Crippen molar-refractivity contribution in [1.29, 1.82) is 0 Å². The van der Waals surface area contributed by atoms with E-state index in [0.29, 0.717) is 17.8 Å². The van der Waals surface area contributed by atoms with Crippen LogP contribution in [-0.4, -0.2) is 27.0 Å². The van der Waals surface area contributed by atoms with Crippen molar-refractivity contribution >= 4 is 11.8 Å². The van der Waals surface area contributed by atoms with E-state index in [2.05, 4.69) is 20.5 Å². The average molecular weight is 273 g/mol. The van der Waals surface area contributed by atoms with Crippen molar-refractivity contribution in [2.24, 2.45) is 5.73 Å². The average Bonchev–Trinajstić information content (AvgIpc) is 2.94. The number of nitrogens with one attached hydrogen (secondary N) is 2. The number of aromatic amines is 1. The molecule has 0 fully saturated rings. The number of aryl methyl sites for hydroxylation is 1. The Bertz CT molecular complexity index is 635. The molecule has 0 radical (unpaired) electrons. The highest BCUT2D eigenvalue weighted by Crippen LogP contribution is 2.04. The number of hydrogen-bond acceptors (Lipinski definition) is 4. The van der Waals surface area contributed by atoms with E-state index < -0.39 is 5.91 Å². The highest BCUT2D eigenvalue weighted by molar-refractivity contribution is 5.93. The van der Waals surface area contributed by atoms with E-state index in [1.165, 1.54) is 0 Å². The first kappa shape index (κ1) is 13.7. The number of aromatic nitrogens is 3. The van der Waals surface area contributed by atoms with E-state index in [9.17, 15) is 9.59 Å². The Kier molecular flexibility index (Phi) is 4.09. The first-order chi connectivity index (χ1) is 9.60. The maximum Gasteiger partial charge on any atom is 0.291 e. The molecule has 0 aliphatic heterocycles. The summed E-state index contributed by atoms with van der Waals surface area (Å²) in [7, 11) is 0. The van der Waals surface area contributed by atoms with Gasteiger partial charge >= 0.3 is 0 Å². The second kappa shape index (κ2) is 5.96. The number of hydrogen-bond donors (Lipinski definition) is 3. The van der Waals surface area contributed by atoms with E-state index in [0.717, 1.165) is 5.56 Å². The van der Waals surface area contributed by atoms with Crippen molar-refractivity contribution in [3.8, 4) is 0 Å². The highest BCUT2D eigenvalue weighted by Gasteiger charge is 2.11. The molecule has 0 spiro atoms. The molecule has 0 saturated carbocycles. The van der Waals surface area contributed by atoms with Gasteiger partial charge < -0.3 is 11.1 Å². The van der Waals surface area contributed by atoms with Crippen LogP contribution in [0.5, 0.6) is 0 Å².